The molecule has 2 aromatic heterocycles. The van der Waals surface area contributed by atoms with Gasteiger partial charge in [-0.1, -0.05) is 6.92 Å². The van der Waals surface area contributed by atoms with Gasteiger partial charge in [0.1, 0.15) is 10.8 Å². The van der Waals surface area contributed by atoms with Crippen LogP contribution in [0.3, 0.4) is 0 Å². The number of amides is 1. The van der Waals surface area contributed by atoms with Crippen molar-refractivity contribution in [2.75, 3.05) is 18.0 Å². The maximum atomic E-state index is 12.2. The van der Waals surface area contributed by atoms with Gasteiger partial charge in [0, 0.05) is 30.7 Å². The average molecular weight is 331 g/mol. The third kappa shape index (κ3) is 3.86. The molecule has 122 valence electrons. The number of anilines is 1. The Morgan fingerprint density at radius 1 is 1.52 bits per heavy atom. The standard InChI is InChI=1S/C16H21N5OS/c1-2-13-10-23-15(20-13)8-19-16(22)11-3-4-14(18-7-11)21-6-5-12(17)9-21/h3-4,7,10,12H,2,5-6,8-9,17H2,1H3,(H,19,22)/t12-/m0/s1. The molecule has 7 heteroatoms. The summed E-state index contributed by atoms with van der Waals surface area (Å²) in [4.78, 5) is 23.1. The van der Waals surface area contributed by atoms with Gasteiger partial charge in [-0.25, -0.2) is 9.97 Å². The lowest BCUT2D eigenvalue weighted by Gasteiger charge is -2.16. The minimum absolute atomic E-state index is 0.129. The van der Waals surface area contributed by atoms with E-state index in [9.17, 15) is 4.79 Å². The molecule has 0 unspecified atom stereocenters. The Balaban J connectivity index is 1.57. The fraction of sp³-hybridized carbons (Fsp3) is 0.438. The van der Waals surface area contributed by atoms with Crippen molar-refractivity contribution < 1.29 is 4.79 Å². The highest BCUT2D eigenvalue weighted by Crippen LogP contribution is 2.17. The summed E-state index contributed by atoms with van der Waals surface area (Å²) in [5.74, 6) is 0.748. The van der Waals surface area contributed by atoms with Crippen LogP contribution in [0.2, 0.25) is 0 Å². The Bertz CT molecular complexity index is 669. The highest BCUT2D eigenvalue weighted by atomic mass is 32.1. The molecule has 0 radical (unpaired) electrons. The van der Waals surface area contributed by atoms with Gasteiger partial charge in [0.15, 0.2) is 0 Å². The summed E-state index contributed by atoms with van der Waals surface area (Å²) in [6.07, 6.45) is 3.52. The van der Waals surface area contributed by atoms with E-state index in [-0.39, 0.29) is 11.9 Å². The molecule has 3 heterocycles. The topological polar surface area (TPSA) is 84.1 Å². The van der Waals surface area contributed by atoms with Crippen molar-refractivity contribution in [3.8, 4) is 0 Å². The molecule has 3 rings (SSSR count). The lowest BCUT2D eigenvalue weighted by molar-refractivity contribution is 0.0950. The summed E-state index contributed by atoms with van der Waals surface area (Å²) in [6.45, 7) is 4.26. The molecule has 0 saturated carbocycles. The van der Waals surface area contributed by atoms with E-state index in [1.165, 1.54) is 0 Å². The number of hydrogen-bond acceptors (Lipinski definition) is 6. The number of pyridine rings is 1. The molecule has 3 N–H and O–H groups in total. The van der Waals surface area contributed by atoms with Crippen LogP contribution in [0.15, 0.2) is 23.7 Å². The zero-order chi connectivity index (χ0) is 16.2. The summed E-state index contributed by atoms with van der Waals surface area (Å²) in [5.41, 5.74) is 7.53. The van der Waals surface area contributed by atoms with E-state index in [2.05, 4.69) is 27.1 Å². The number of nitrogens with zero attached hydrogens (tertiary/aromatic N) is 3. The number of hydrogen-bond donors (Lipinski definition) is 2. The van der Waals surface area contributed by atoms with Crippen molar-refractivity contribution in [2.45, 2.75) is 32.4 Å². The predicted molar refractivity (Wildman–Crippen MR) is 91.7 cm³/mol. The monoisotopic (exact) mass is 331 g/mol. The molecule has 1 aliphatic rings. The van der Waals surface area contributed by atoms with Crippen molar-refractivity contribution in [1.82, 2.24) is 15.3 Å². The van der Waals surface area contributed by atoms with Crippen molar-refractivity contribution in [2.24, 2.45) is 5.73 Å². The van der Waals surface area contributed by atoms with Crippen LogP contribution in [0, 0.1) is 0 Å². The molecular weight excluding hydrogens is 310 g/mol. The van der Waals surface area contributed by atoms with Crippen molar-refractivity contribution in [3.63, 3.8) is 0 Å². The van der Waals surface area contributed by atoms with Crippen LogP contribution in [0.5, 0.6) is 0 Å². The van der Waals surface area contributed by atoms with Crippen molar-refractivity contribution >= 4 is 23.1 Å². The molecule has 1 saturated heterocycles. The molecular formula is C16H21N5OS. The second-order valence-corrected chi connectivity index (χ2v) is 6.61. The number of carbonyl (C=O) groups excluding carboxylic acids is 1. The Hall–Kier alpha value is -1.99. The van der Waals surface area contributed by atoms with Gasteiger partial charge in [-0.05, 0) is 25.0 Å². The fourth-order valence-corrected chi connectivity index (χ4v) is 3.37. The van der Waals surface area contributed by atoms with Gasteiger partial charge in [-0.2, -0.15) is 0 Å². The number of thiazole rings is 1. The van der Waals surface area contributed by atoms with Gasteiger partial charge in [-0.3, -0.25) is 4.79 Å². The Morgan fingerprint density at radius 3 is 3.00 bits per heavy atom. The first-order valence-corrected chi connectivity index (χ1v) is 8.71. The number of nitrogens with two attached hydrogens (primary N) is 1. The minimum Gasteiger partial charge on any atom is -0.355 e. The molecule has 6 nitrogen and oxygen atoms in total. The Labute approximate surface area is 139 Å². The van der Waals surface area contributed by atoms with Crippen molar-refractivity contribution in [1.29, 1.82) is 0 Å². The van der Waals surface area contributed by atoms with E-state index in [0.717, 1.165) is 42.5 Å². The minimum atomic E-state index is -0.129. The quantitative estimate of drug-likeness (QED) is 0.869. The van der Waals surface area contributed by atoms with Gasteiger partial charge < -0.3 is 16.0 Å². The normalized spacial score (nSPS) is 17.5. The van der Waals surface area contributed by atoms with E-state index in [1.54, 1.807) is 23.6 Å². The van der Waals surface area contributed by atoms with Crippen LogP contribution < -0.4 is 16.0 Å². The summed E-state index contributed by atoms with van der Waals surface area (Å²) in [6, 6.07) is 3.90. The van der Waals surface area contributed by atoms with Gasteiger partial charge in [0.05, 0.1) is 17.8 Å². The van der Waals surface area contributed by atoms with Crippen LogP contribution in [0.25, 0.3) is 0 Å². The fourth-order valence-electron chi connectivity index (χ4n) is 2.55. The Kier molecular flexibility index (Phi) is 4.88. The predicted octanol–water partition coefficient (Wildman–Crippen LogP) is 1.57. The molecule has 0 bridgehead atoms. The van der Waals surface area contributed by atoms with Gasteiger partial charge in [0.2, 0.25) is 0 Å². The molecule has 1 fully saturated rings. The average Bonchev–Trinajstić information content (AvgIpc) is 3.21. The van der Waals surface area contributed by atoms with Crippen LogP contribution >= 0.6 is 11.3 Å². The van der Waals surface area contributed by atoms with Crippen LogP contribution in [-0.2, 0) is 13.0 Å². The number of nitrogens with one attached hydrogen (secondary N) is 1. The first-order chi connectivity index (χ1) is 11.2. The number of aromatic nitrogens is 2. The summed E-state index contributed by atoms with van der Waals surface area (Å²) >= 11 is 1.57. The molecule has 0 aromatic carbocycles. The van der Waals surface area contributed by atoms with E-state index in [4.69, 9.17) is 5.73 Å². The summed E-state index contributed by atoms with van der Waals surface area (Å²) in [7, 11) is 0. The van der Waals surface area contributed by atoms with Crippen LogP contribution in [0.1, 0.15) is 34.4 Å². The summed E-state index contributed by atoms with van der Waals surface area (Å²) < 4.78 is 0. The highest BCUT2D eigenvalue weighted by Gasteiger charge is 2.20. The molecule has 23 heavy (non-hydrogen) atoms. The smallest absolute Gasteiger partial charge is 0.253 e. The SMILES string of the molecule is CCc1csc(CNC(=O)c2ccc(N3CC[C@H](N)C3)nc2)n1. The highest BCUT2D eigenvalue weighted by molar-refractivity contribution is 7.09. The molecule has 1 amide bonds. The summed E-state index contributed by atoms with van der Waals surface area (Å²) in [5, 5.41) is 5.83. The second-order valence-electron chi connectivity index (χ2n) is 5.67. The maximum absolute atomic E-state index is 12.2. The molecule has 0 aliphatic carbocycles. The molecule has 1 aliphatic heterocycles. The first kappa shape index (κ1) is 15.9. The van der Waals surface area contributed by atoms with E-state index < -0.39 is 0 Å². The second kappa shape index (κ2) is 7.06. The number of carbonyl (C=O) groups is 1. The zero-order valence-electron chi connectivity index (χ0n) is 13.2. The van der Waals surface area contributed by atoms with E-state index >= 15 is 0 Å². The molecule has 2 aromatic rings. The van der Waals surface area contributed by atoms with Gasteiger partial charge >= 0.3 is 0 Å². The Morgan fingerprint density at radius 2 is 2.39 bits per heavy atom. The number of rotatable bonds is 5. The van der Waals surface area contributed by atoms with Crippen molar-refractivity contribution in [3.05, 3.63) is 40.0 Å². The third-order valence-electron chi connectivity index (χ3n) is 3.92. The first-order valence-electron chi connectivity index (χ1n) is 7.83. The molecule has 1 atom stereocenters. The number of aryl methyl sites for hydroxylation is 1. The largest absolute Gasteiger partial charge is 0.355 e. The lowest BCUT2D eigenvalue weighted by atomic mass is 10.2. The van der Waals surface area contributed by atoms with E-state index in [0.29, 0.717) is 12.1 Å². The van der Waals surface area contributed by atoms with E-state index in [1.807, 2.05) is 11.4 Å². The van der Waals surface area contributed by atoms with Gasteiger partial charge in [0.25, 0.3) is 5.91 Å². The molecule has 0 spiro atoms. The van der Waals surface area contributed by atoms with Crippen LogP contribution in [-0.4, -0.2) is 35.0 Å². The zero-order valence-corrected chi connectivity index (χ0v) is 14.0. The van der Waals surface area contributed by atoms with Crippen LogP contribution in [0.4, 0.5) is 5.82 Å². The van der Waals surface area contributed by atoms with Gasteiger partial charge in [-0.15, -0.1) is 11.3 Å². The third-order valence-corrected chi connectivity index (χ3v) is 4.82. The maximum Gasteiger partial charge on any atom is 0.253 e. The lowest BCUT2D eigenvalue weighted by Crippen LogP contribution is -2.27.